The highest BCUT2D eigenvalue weighted by Gasteiger charge is 2.17. The number of carbonyl (C=O) groups excluding carboxylic acids is 1. The molecule has 0 saturated heterocycles. The highest BCUT2D eigenvalue weighted by molar-refractivity contribution is 6.02. The second-order valence-corrected chi connectivity index (χ2v) is 9.05. The Bertz CT molecular complexity index is 1430. The van der Waals surface area contributed by atoms with Crippen molar-refractivity contribution in [3.63, 3.8) is 0 Å². The molecule has 0 aliphatic rings. The first-order valence-corrected chi connectivity index (χ1v) is 13.0. The van der Waals surface area contributed by atoms with Crippen molar-refractivity contribution in [2.24, 2.45) is 7.05 Å². The zero-order valence-electron chi connectivity index (χ0n) is 23.9. The molecular formula is C30H39N7O2. The quantitative estimate of drug-likeness (QED) is 0.261. The van der Waals surface area contributed by atoms with Crippen molar-refractivity contribution < 1.29 is 9.53 Å². The van der Waals surface area contributed by atoms with Gasteiger partial charge in [0, 0.05) is 62.1 Å². The van der Waals surface area contributed by atoms with Crippen molar-refractivity contribution in [1.29, 1.82) is 0 Å². The number of hydrogen-bond donors (Lipinski definition) is 2. The number of methoxy groups -OCH3 is 1. The standard InChI is InChI=1S/C28H33N7O2.C2H6/c1-7-27(36)30-22-16-23(26(37-6)17-25(22)34(4)15-14-33(2)3)32-28-29-13-12-21(31-28)20-18-35(5)24-11-9-8-10-19(20)24;1-2/h7-13,16-18H,1,14-15H2,2-6H3,(H,30,36)(H,29,31,32);1-2H3. The number of para-hydroxylation sites is 1. The Kier molecular flexibility index (Phi) is 10.1. The van der Waals surface area contributed by atoms with Crippen molar-refractivity contribution >= 4 is 39.8 Å². The molecule has 9 nitrogen and oxygen atoms in total. The number of aromatic nitrogens is 3. The van der Waals surface area contributed by atoms with Crippen LogP contribution in [0.15, 0.2) is 67.5 Å². The zero-order chi connectivity index (χ0) is 28.5. The average molecular weight is 530 g/mol. The summed E-state index contributed by atoms with van der Waals surface area (Å²) in [5.41, 5.74) is 5.02. The summed E-state index contributed by atoms with van der Waals surface area (Å²) < 4.78 is 7.79. The number of benzene rings is 2. The van der Waals surface area contributed by atoms with E-state index in [0.29, 0.717) is 23.1 Å². The molecular weight excluding hydrogens is 490 g/mol. The van der Waals surface area contributed by atoms with Gasteiger partial charge in [0.05, 0.1) is 29.9 Å². The Morgan fingerprint density at radius 1 is 1.10 bits per heavy atom. The summed E-state index contributed by atoms with van der Waals surface area (Å²) in [7, 11) is 9.65. The van der Waals surface area contributed by atoms with Crippen molar-refractivity contribution in [3.05, 3.63) is 67.5 Å². The van der Waals surface area contributed by atoms with E-state index in [9.17, 15) is 4.79 Å². The normalized spacial score (nSPS) is 10.6. The van der Waals surface area contributed by atoms with E-state index < -0.39 is 0 Å². The molecule has 0 aliphatic heterocycles. The van der Waals surface area contributed by atoms with Gasteiger partial charge in [-0.1, -0.05) is 38.6 Å². The van der Waals surface area contributed by atoms with Crippen LogP contribution in [0, 0.1) is 0 Å². The minimum absolute atomic E-state index is 0.299. The van der Waals surface area contributed by atoms with E-state index in [-0.39, 0.29) is 5.91 Å². The van der Waals surface area contributed by atoms with Crippen LogP contribution in [0.5, 0.6) is 5.75 Å². The Morgan fingerprint density at radius 2 is 1.85 bits per heavy atom. The first-order chi connectivity index (χ1) is 18.8. The number of rotatable bonds is 10. The second kappa shape index (κ2) is 13.4. The van der Waals surface area contributed by atoms with Gasteiger partial charge in [0.15, 0.2) is 0 Å². The predicted octanol–water partition coefficient (Wildman–Crippen LogP) is 5.54. The van der Waals surface area contributed by atoms with Crippen LogP contribution in [-0.2, 0) is 11.8 Å². The van der Waals surface area contributed by atoms with E-state index in [1.165, 1.54) is 6.08 Å². The summed E-state index contributed by atoms with van der Waals surface area (Å²) in [4.78, 5) is 25.6. The molecule has 2 heterocycles. The third-order valence-electron chi connectivity index (χ3n) is 6.13. The number of likely N-dealkylation sites (N-methyl/N-ethyl adjacent to an activating group) is 2. The molecule has 1 amide bonds. The molecule has 0 radical (unpaired) electrons. The van der Waals surface area contributed by atoms with Crippen molar-refractivity contribution in [2.45, 2.75) is 13.8 Å². The van der Waals surface area contributed by atoms with Crippen molar-refractivity contribution in [3.8, 4) is 17.0 Å². The average Bonchev–Trinajstić information content (AvgIpc) is 3.29. The molecule has 2 N–H and O–H groups in total. The zero-order valence-corrected chi connectivity index (χ0v) is 23.9. The minimum Gasteiger partial charge on any atom is -0.494 e. The topological polar surface area (TPSA) is 87.5 Å². The number of nitrogens with zero attached hydrogens (tertiary/aromatic N) is 5. The van der Waals surface area contributed by atoms with Crippen molar-refractivity contribution in [2.75, 3.05) is 56.9 Å². The fourth-order valence-corrected chi connectivity index (χ4v) is 4.14. The third kappa shape index (κ3) is 6.94. The molecule has 0 spiro atoms. The van der Waals surface area contributed by atoms with Gasteiger partial charge in [-0.3, -0.25) is 4.79 Å². The van der Waals surface area contributed by atoms with Crippen LogP contribution in [0.2, 0.25) is 0 Å². The predicted molar refractivity (Wildman–Crippen MR) is 162 cm³/mol. The third-order valence-corrected chi connectivity index (χ3v) is 6.13. The van der Waals surface area contributed by atoms with Crippen molar-refractivity contribution in [1.82, 2.24) is 19.4 Å². The Hall–Kier alpha value is -4.37. The molecule has 39 heavy (non-hydrogen) atoms. The molecule has 2 aromatic heterocycles. The second-order valence-electron chi connectivity index (χ2n) is 9.05. The summed E-state index contributed by atoms with van der Waals surface area (Å²) in [6.45, 7) is 9.19. The Morgan fingerprint density at radius 3 is 2.54 bits per heavy atom. The maximum Gasteiger partial charge on any atom is 0.247 e. The first-order valence-electron chi connectivity index (χ1n) is 13.0. The lowest BCUT2D eigenvalue weighted by Gasteiger charge is -2.26. The molecule has 0 aliphatic carbocycles. The molecule has 206 valence electrons. The molecule has 4 aromatic rings. The number of carbonyl (C=O) groups is 1. The van der Waals surface area contributed by atoms with Gasteiger partial charge < -0.3 is 29.7 Å². The van der Waals surface area contributed by atoms with Crippen LogP contribution in [0.1, 0.15) is 13.8 Å². The number of hydrogen-bond acceptors (Lipinski definition) is 7. The summed E-state index contributed by atoms with van der Waals surface area (Å²) in [6, 6.07) is 13.8. The van der Waals surface area contributed by atoms with Gasteiger partial charge in [-0.25, -0.2) is 9.97 Å². The van der Waals surface area contributed by atoms with Gasteiger partial charge in [0.2, 0.25) is 11.9 Å². The van der Waals surface area contributed by atoms with Crippen LogP contribution in [-0.4, -0.2) is 66.7 Å². The van der Waals surface area contributed by atoms with E-state index in [1.54, 1.807) is 13.3 Å². The summed E-state index contributed by atoms with van der Waals surface area (Å²) in [5.74, 6) is 0.716. The molecule has 0 atom stereocenters. The maximum absolute atomic E-state index is 12.2. The number of aryl methyl sites for hydroxylation is 1. The molecule has 2 aromatic carbocycles. The molecule has 9 heteroatoms. The van der Waals surface area contributed by atoms with Gasteiger partial charge in [0.1, 0.15) is 5.75 Å². The first kappa shape index (κ1) is 29.2. The fourth-order valence-electron chi connectivity index (χ4n) is 4.14. The molecule has 4 rings (SSSR count). The highest BCUT2D eigenvalue weighted by Crippen LogP contribution is 2.38. The molecule has 0 fully saturated rings. The maximum atomic E-state index is 12.2. The van der Waals surface area contributed by atoms with Gasteiger partial charge in [-0.05, 0) is 38.4 Å². The highest BCUT2D eigenvalue weighted by atomic mass is 16.5. The number of anilines is 4. The van der Waals surface area contributed by atoms with Crippen LogP contribution >= 0.6 is 0 Å². The Balaban J connectivity index is 0.00000205. The largest absolute Gasteiger partial charge is 0.494 e. The number of ether oxygens (including phenoxy) is 1. The summed E-state index contributed by atoms with van der Waals surface area (Å²) in [6.07, 6.45) is 5.04. The van der Waals surface area contributed by atoms with Crippen LogP contribution in [0.3, 0.4) is 0 Å². The van der Waals surface area contributed by atoms with E-state index in [0.717, 1.165) is 40.9 Å². The van der Waals surface area contributed by atoms with E-state index in [4.69, 9.17) is 9.72 Å². The van der Waals surface area contributed by atoms with E-state index in [2.05, 4.69) is 54.9 Å². The van der Waals surface area contributed by atoms with E-state index >= 15 is 0 Å². The van der Waals surface area contributed by atoms with E-state index in [1.807, 2.05) is 72.4 Å². The van der Waals surface area contributed by atoms with Gasteiger partial charge in [-0.2, -0.15) is 0 Å². The number of nitrogens with one attached hydrogen (secondary N) is 2. The summed E-state index contributed by atoms with van der Waals surface area (Å²) >= 11 is 0. The monoisotopic (exact) mass is 529 g/mol. The smallest absolute Gasteiger partial charge is 0.247 e. The van der Waals surface area contributed by atoms with Gasteiger partial charge in [0.25, 0.3) is 0 Å². The summed E-state index contributed by atoms with van der Waals surface area (Å²) in [5, 5.41) is 7.31. The van der Waals surface area contributed by atoms with Crippen LogP contribution < -0.4 is 20.3 Å². The molecule has 0 bridgehead atoms. The SMILES string of the molecule is C=CC(=O)Nc1cc(Nc2nccc(-c3cn(C)c4ccccc34)n2)c(OC)cc1N(C)CCN(C)C.CC. The van der Waals surface area contributed by atoms with Gasteiger partial charge >= 0.3 is 0 Å². The molecule has 0 saturated carbocycles. The lowest BCUT2D eigenvalue weighted by Crippen LogP contribution is -2.29. The number of fused-ring (bicyclic) bond motifs is 1. The minimum atomic E-state index is -0.299. The Labute approximate surface area is 231 Å². The van der Waals surface area contributed by atoms with Crippen LogP contribution in [0.4, 0.5) is 23.0 Å². The van der Waals surface area contributed by atoms with Crippen LogP contribution in [0.25, 0.3) is 22.2 Å². The lowest BCUT2D eigenvalue weighted by molar-refractivity contribution is -0.111. The lowest BCUT2D eigenvalue weighted by atomic mass is 10.1. The fraction of sp³-hybridized carbons (Fsp3) is 0.300. The number of amides is 1. The molecule has 0 unspecified atom stereocenters. The van der Waals surface area contributed by atoms with Gasteiger partial charge in [-0.15, -0.1) is 0 Å².